The maximum Gasteiger partial charge on any atom is 0.198 e. The zero-order valence-electron chi connectivity index (χ0n) is 21.4. The second kappa shape index (κ2) is 11.3. The first kappa shape index (κ1) is 28.1. The lowest BCUT2D eigenvalue weighted by atomic mass is 10.1. The van der Waals surface area contributed by atoms with Crippen LogP contribution in [-0.4, -0.2) is 75.3 Å². The van der Waals surface area contributed by atoms with E-state index in [-0.39, 0.29) is 35.7 Å². The van der Waals surface area contributed by atoms with Crippen LogP contribution >= 0.6 is 0 Å². The molecular weight excluding hydrogens is 506 g/mol. The van der Waals surface area contributed by atoms with Gasteiger partial charge in [-0.15, -0.1) is 0 Å². The number of ether oxygens (including phenoxy) is 4. The molecule has 11 heteroatoms. The molecule has 3 rings (SSSR count). The van der Waals surface area contributed by atoms with Crippen LogP contribution in [0, 0.1) is 0 Å². The Bertz CT molecular complexity index is 1240. The smallest absolute Gasteiger partial charge is 0.198 e. The second-order valence-corrected chi connectivity index (χ2v) is 13.8. The van der Waals surface area contributed by atoms with Crippen molar-refractivity contribution in [1.82, 2.24) is 4.90 Å². The highest BCUT2D eigenvalue weighted by molar-refractivity contribution is 8.10. The summed E-state index contributed by atoms with van der Waals surface area (Å²) in [4.78, 5) is 2.02. The molecule has 0 unspecified atom stereocenters. The number of hydrogen-bond acceptors (Lipinski definition) is 9. The Morgan fingerprint density at radius 1 is 0.778 bits per heavy atom. The minimum atomic E-state index is -4.00. The molecule has 0 amide bonds. The molecular formula is C25H35NO8S2. The summed E-state index contributed by atoms with van der Waals surface area (Å²) in [5.74, 6) is 1.58. The molecule has 0 spiro atoms. The highest BCUT2D eigenvalue weighted by Gasteiger charge is 2.57. The number of methoxy groups -OCH3 is 4. The van der Waals surface area contributed by atoms with Gasteiger partial charge >= 0.3 is 0 Å². The topological polar surface area (TPSA) is 108 Å². The quantitative estimate of drug-likeness (QED) is 0.424. The van der Waals surface area contributed by atoms with E-state index in [1.54, 1.807) is 20.3 Å². The Balaban J connectivity index is 1.88. The lowest BCUT2D eigenvalue weighted by Crippen LogP contribution is -2.50. The first-order chi connectivity index (χ1) is 17.0. The van der Waals surface area contributed by atoms with E-state index < -0.39 is 23.8 Å². The molecule has 2 aromatic rings. The van der Waals surface area contributed by atoms with Crippen LogP contribution in [0.3, 0.4) is 0 Å². The van der Waals surface area contributed by atoms with Crippen molar-refractivity contribution in [2.75, 3.05) is 53.5 Å². The van der Waals surface area contributed by atoms with Gasteiger partial charge in [0, 0.05) is 6.54 Å². The molecule has 2 aromatic carbocycles. The predicted octanol–water partition coefficient (Wildman–Crippen LogP) is 3.02. The van der Waals surface area contributed by atoms with E-state index in [1.165, 1.54) is 26.4 Å². The lowest BCUT2D eigenvalue weighted by molar-refractivity contribution is 0.312. The molecule has 0 aliphatic carbocycles. The van der Waals surface area contributed by atoms with E-state index in [0.717, 1.165) is 5.56 Å². The molecule has 0 radical (unpaired) electrons. The zero-order valence-corrected chi connectivity index (χ0v) is 23.1. The van der Waals surface area contributed by atoms with E-state index in [0.29, 0.717) is 36.8 Å². The number of nitrogens with zero attached hydrogens (tertiary/aromatic N) is 1. The van der Waals surface area contributed by atoms with E-state index in [2.05, 4.69) is 0 Å². The van der Waals surface area contributed by atoms with Gasteiger partial charge in [-0.3, -0.25) is 0 Å². The van der Waals surface area contributed by atoms with Gasteiger partial charge in [-0.05, 0) is 68.2 Å². The Kier molecular flexibility index (Phi) is 8.79. The Morgan fingerprint density at radius 2 is 1.31 bits per heavy atom. The Labute approximate surface area is 214 Å². The third kappa shape index (κ3) is 5.28. The van der Waals surface area contributed by atoms with Crippen LogP contribution in [0.2, 0.25) is 0 Å². The van der Waals surface area contributed by atoms with E-state index in [1.807, 2.05) is 30.1 Å². The minimum Gasteiger partial charge on any atom is -0.493 e. The van der Waals surface area contributed by atoms with Gasteiger partial charge in [0.1, 0.15) is 0 Å². The normalized spacial score (nSPS) is 17.9. The fourth-order valence-electron chi connectivity index (χ4n) is 4.80. The van der Waals surface area contributed by atoms with Crippen LogP contribution in [0.15, 0.2) is 36.4 Å². The minimum absolute atomic E-state index is 0.0522. The number of sulfone groups is 2. The molecule has 0 saturated carbocycles. The summed E-state index contributed by atoms with van der Waals surface area (Å²) in [5.41, 5.74) is 1.19. The number of benzene rings is 2. The van der Waals surface area contributed by atoms with Gasteiger partial charge in [0.15, 0.2) is 46.8 Å². The van der Waals surface area contributed by atoms with Gasteiger partial charge < -0.3 is 23.8 Å². The van der Waals surface area contributed by atoms with Crippen LogP contribution in [0.5, 0.6) is 23.0 Å². The van der Waals surface area contributed by atoms with Crippen molar-refractivity contribution in [3.63, 3.8) is 0 Å². The summed E-state index contributed by atoms with van der Waals surface area (Å²) in [6.45, 7) is 1.07. The summed E-state index contributed by atoms with van der Waals surface area (Å²) >= 11 is 0. The van der Waals surface area contributed by atoms with Gasteiger partial charge in [0.05, 0.1) is 39.9 Å². The molecule has 1 aliphatic heterocycles. The monoisotopic (exact) mass is 541 g/mol. The average Bonchev–Trinajstić information content (AvgIpc) is 2.84. The van der Waals surface area contributed by atoms with Gasteiger partial charge in [0.25, 0.3) is 0 Å². The van der Waals surface area contributed by atoms with Crippen LogP contribution in [0.25, 0.3) is 0 Å². The van der Waals surface area contributed by atoms with Crippen LogP contribution in [0.4, 0.5) is 0 Å². The van der Waals surface area contributed by atoms with Crippen molar-refractivity contribution in [1.29, 1.82) is 0 Å². The Morgan fingerprint density at radius 3 is 1.86 bits per heavy atom. The van der Waals surface area contributed by atoms with Gasteiger partial charge in [-0.2, -0.15) is 0 Å². The average molecular weight is 542 g/mol. The molecule has 1 saturated heterocycles. The summed E-state index contributed by atoms with van der Waals surface area (Å²) in [5, 5.41) is 0. The molecule has 0 aromatic heterocycles. The van der Waals surface area contributed by atoms with Crippen molar-refractivity contribution in [2.24, 2.45) is 0 Å². The second-order valence-electron chi connectivity index (χ2n) is 8.84. The molecule has 0 N–H and O–H groups in total. The van der Waals surface area contributed by atoms with Crippen molar-refractivity contribution in [3.05, 3.63) is 47.5 Å². The van der Waals surface area contributed by atoms with Gasteiger partial charge in [-0.1, -0.05) is 12.1 Å². The largest absolute Gasteiger partial charge is 0.493 e. The third-order valence-electron chi connectivity index (χ3n) is 6.60. The van der Waals surface area contributed by atoms with E-state index >= 15 is 0 Å². The molecule has 36 heavy (non-hydrogen) atoms. The van der Waals surface area contributed by atoms with E-state index in [9.17, 15) is 16.8 Å². The third-order valence-corrected chi connectivity index (χ3v) is 12.7. The standard InChI is InChI=1S/C25H35NO8S2/c1-26(18-19-8-10-21(31-2)23(16-19)33-4)13-6-12-25(35(27,28)14-7-15-36(25,29)30)20-9-11-22(32-3)24(17-20)34-5/h8-11,16-17H,6-7,12-15,18H2,1-5H3. The van der Waals surface area contributed by atoms with Crippen molar-refractivity contribution in [3.8, 4) is 23.0 Å². The maximum absolute atomic E-state index is 13.5. The van der Waals surface area contributed by atoms with Gasteiger partial charge in [0.2, 0.25) is 0 Å². The predicted molar refractivity (Wildman–Crippen MR) is 139 cm³/mol. The first-order valence-electron chi connectivity index (χ1n) is 11.6. The molecule has 1 aliphatic rings. The summed E-state index contributed by atoms with van der Waals surface area (Å²) < 4.78 is 73.2. The summed E-state index contributed by atoms with van der Waals surface area (Å²) in [6.07, 6.45) is 0.402. The maximum atomic E-state index is 13.5. The first-order valence-corrected chi connectivity index (χ1v) is 14.9. The summed E-state index contributed by atoms with van der Waals surface area (Å²) in [6, 6.07) is 10.2. The Hall–Kier alpha value is -2.50. The fraction of sp³-hybridized carbons (Fsp3) is 0.520. The van der Waals surface area contributed by atoms with E-state index in [4.69, 9.17) is 18.9 Å². The van der Waals surface area contributed by atoms with Crippen molar-refractivity contribution in [2.45, 2.75) is 29.9 Å². The number of rotatable bonds is 11. The highest BCUT2D eigenvalue weighted by Crippen LogP contribution is 2.47. The molecule has 1 fully saturated rings. The number of hydrogen-bond donors (Lipinski definition) is 0. The van der Waals surface area contributed by atoms with Crippen LogP contribution in [-0.2, 0) is 30.3 Å². The molecule has 200 valence electrons. The molecule has 0 atom stereocenters. The zero-order chi connectivity index (χ0) is 26.6. The molecule has 1 heterocycles. The van der Waals surface area contributed by atoms with Gasteiger partial charge in [-0.25, -0.2) is 16.8 Å². The van der Waals surface area contributed by atoms with Crippen molar-refractivity contribution >= 4 is 19.7 Å². The summed E-state index contributed by atoms with van der Waals surface area (Å²) in [7, 11) is -0.0402. The lowest BCUT2D eigenvalue weighted by Gasteiger charge is -2.37. The fourth-order valence-corrected chi connectivity index (χ4v) is 10.6. The molecule has 0 bridgehead atoms. The van der Waals surface area contributed by atoms with Crippen LogP contribution < -0.4 is 18.9 Å². The SMILES string of the molecule is COc1ccc(CN(C)CCCC2(c3ccc(OC)c(OC)c3)S(=O)(=O)CCCS2(=O)=O)cc1OC. The molecule has 9 nitrogen and oxygen atoms in total. The van der Waals surface area contributed by atoms with Crippen molar-refractivity contribution < 1.29 is 35.8 Å². The van der Waals surface area contributed by atoms with Crippen LogP contribution in [0.1, 0.15) is 30.4 Å². The highest BCUT2D eigenvalue weighted by atomic mass is 32.3.